The summed E-state index contributed by atoms with van der Waals surface area (Å²) in [5.41, 5.74) is 8.04. The fourth-order valence-electron chi connectivity index (χ4n) is 1.88. The summed E-state index contributed by atoms with van der Waals surface area (Å²) in [5, 5.41) is 3.52. The number of hydrogen-bond acceptors (Lipinski definition) is 3. The van der Waals surface area contributed by atoms with Crippen LogP contribution in [-0.2, 0) is 0 Å². The van der Waals surface area contributed by atoms with Crippen LogP contribution in [0.25, 0.3) is 11.1 Å². The van der Waals surface area contributed by atoms with Gasteiger partial charge < -0.3 is 11.1 Å². The maximum Gasteiger partial charge on any atom is 0.252 e. The molecule has 23 heavy (non-hydrogen) atoms. The number of rotatable bonds is 5. The van der Waals surface area contributed by atoms with E-state index in [1.165, 1.54) is 0 Å². The Kier molecular flexibility index (Phi) is 9.84. The van der Waals surface area contributed by atoms with Crippen LogP contribution in [0, 0.1) is 0 Å². The number of nitrogens with zero attached hydrogens (tertiary/aromatic N) is 1. The van der Waals surface area contributed by atoms with E-state index in [4.69, 9.17) is 17.3 Å². The summed E-state index contributed by atoms with van der Waals surface area (Å²) in [4.78, 5) is 16.2. The molecule has 0 aliphatic rings. The van der Waals surface area contributed by atoms with E-state index in [0.29, 0.717) is 17.1 Å². The highest BCUT2D eigenvalue weighted by Crippen LogP contribution is 2.21. The predicted molar refractivity (Wildman–Crippen MR) is 99.8 cm³/mol. The first kappa shape index (κ1) is 21.7. The molecule has 4 nitrogen and oxygen atoms in total. The van der Waals surface area contributed by atoms with E-state index in [9.17, 15) is 4.79 Å². The van der Waals surface area contributed by atoms with Gasteiger partial charge in [0.15, 0.2) is 0 Å². The highest BCUT2D eigenvalue weighted by molar-refractivity contribution is 6.30. The quantitative estimate of drug-likeness (QED) is 0.836. The van der Waals surface area contributed by atoms with Gasteiger partial charge in [-0.1, -0.05) is 23.7 Å². The molecule has 2 aromatic rings. The van der Waals surface area contributed by atoms with Gasteiger partial charge in [0.1, 0.15) is 0 Å². The molecule has 0 fully saturated rings. The summed E-state index contributed by atoms with van der Waals surface area (Å²) in [6, 6.07) is 9.31. The van der Waals surface area contributed by atoms with Crippen LogP contribution in [0.4, 0.5) is 0 Å². The first-order valence-corrected chi connectivity index (χ1v) is 7.19. The fraction of sp³-hybridized carbons (Fsp3) is 0.250. The van der Waals surface area contributed by atoms with Crippen molar-refractivity contribution in [3.05, 3.63) is 53.3 Å². The SMILES string of the molecule is CC(N)CCNC(=O)c1cncc(-c2ccc(Cl)cc2)c1.Cl.Cl. The molecule has 3 N–H and O–H groups in total. The molecule has 1 amide bonds. The highest BCUT2D eigenvalue weighted by Gasteiger charge is 2.08. The second-order valence-corrected chi connectivity index (χ2v) is 5.43. The van der Waals surface area contributed by atoms with Crippen LogP contribution in [0.5, 0.6) is 0 Å². The highest BCUT2D eigenvalue weighted by atomic mass is 35.5. The van der Waals surface area contributed by atoms with Crippen LogP contribution in [-0.4, -0.2) is 23.5 Å². The second kappa shape index (κ2) is 10.4. The van der Waals surface area contributed by atoms with Crippen molar-refractivity contribution in [1.29, 1.82) is 0 Å². The van der Waals surface area contributed by atoms with Crippen molar-refractivity contribution in [2.45, 2.75) is 19.4 Å². The monoisotopic (exact) mass is 375 g/mol. The molecule has 7 heteroatoms. The number of amides is 1. The van der Waals surface area contributed by atoms with E-state index in [1.807, 2.05) is 37.3 Å². The Morgan fingerprint density at radius 1 is 1.22 bits per heavy atom. The van der Waals surface area contributed by atoms with Crippen LogP contribution >= 0.6 is 36.4 Å². The van der Waals surface area contributed by atoms with E-state index in [-0.39, 0.29) is 36.8 Å². The van der Waals surface area contributed by atoms with E-state index in [0.717, 1.165) is 17.5 Å². The Hall–Kier alpha value is -1.33. The summed E-state index contributed by atoms with van der Waals surface area (Å²) < 4.78 is 0. The number of benzene rings is 1. The largest absolute Gasteiger partial charge is 0.352 e. The number of nitrogens with one attached hydrogen (secondary N) is 1. The van der Waals surface area contributed by atoms with Crippen molar-refractivity contribution in [2.24, 2.45) is 5.73 Å². The van der Waals surface area contributed by atoms with E-state index in [1.54, 1.807) is 12.4 Å². The average Bonchev–Trinajstić information content (AvgIpc) is 2.47. The van der Waals surface area contributed by atoms with Crippen molar-refractivity contribution in [3.8, 4) is 11.1 Å². The summed E-state index contributed by atoms with van der Waals surface area (Å²) in [5.74, 6) is -0.140. The average molecular weight is 377 g/mol. The van der Waals surface area contributed by atoms with E-state index < -0.39 is 0 Å². The Balaban J connectivity index is 0.00000242. The second-order valence-electron chi connectivity index (χ2n) is 4.99. The molecule has 1 heterocycles. The van der Waals surface area contributed by atoms with Crippen molar-refractivity contribution < 1.29 is 4.79 Å². The van der Waals surface area contributed by atoms with Gasteiger partial charge in [0.25, 0.3) is 5.91 Å². The molecule has 0 aliphatic heterocycles. The number of pyridine rings is 1. The topological polar surface area (TPSA) is 68.0 Å². The standard InChI is InChI=1S/C16H18ClN3O.2ClH/c1-11(18)6-7-20-16(21)14-8-13(9-19-10-14)12-2-4-15(17)5-3-12;;/h2-5,8-11H,6-7,18H2,1H3,(H,20,21);2*1H. The van der Waals surface area contributed by atoms with Gasteiger partial charge in [0, 0.05) is 35.6 Å². The number of aromatic nitrogens is 1. The van der Waals surface area contributed by atoms with Gasteiger partial charge in [-0.15, -0.1) is 24.8 Å². The maximum absolute atomic E-state index is 12.1. The van der Waals surface area contributed by atoms with Crippen molar-refractivity contribution >= 4 is 42.3 Å². The molecule has 126 valence electrons. The van der Waals surface area contributed by atoms with Crippen molar-refractivity contribution in [3.63, 3.8) is 0 Å². The van der Waals surface area contributed by atoms with Crippen LogP contribution in [0.15, 0.2) is 42.7 Å². The molecular formula is C16H20Cl3N3O. The first-order valence-electron chi connectivity index (χ1n) is 6.81. The van der Waals surface area contributed by atoms with Crippen molar-refractivity contribution in [2.75, 3.05) is 6.54 Å². The van der Waals surface area contributed by atoms with E-state index >= 15 is 0 Å². The molecule has 0 bridgehead atoms. The zero-order valence-corrected chi connectivity index (χ0v) is 15.0. The molecule has 0 radical (unpaired) electrons. The molecular weight excluding hydrogens is 357 g/mol. The van der Waals surface area contributed by atoms with Crippen LogP contribution in [0.3, 0.4) is 0 Å². The van der Waals surface area contributed by atoms with Gasteiger partial charge in [0.2, 0.25) is 0 Å². The summed E-state index contributed by atoms with van der Waals surface area (Å²) in [6.07, 6.45) is 4.03. The molecule has 2 rings (SSSR count). The molecule has 0 aliphatic carbocycles. The Bertz CT molecular complexity index is 618. The lowest BCUT2D eigenvalue weighted by atomic mass is 10.1. The van der Waals surface area contributed by atoms with Crippen LogP contribution < -0.4 is 11.1 Å². The summed E-state index contributed by atoms with van der Waals surface area (Å²) in [7, 11) is 0. The van der Waals surface area contributed by atoms with Crippen molar-refractivity contribution in [1.82, 2.24) is 10.3 Å². The third kappa shape index (κ3) is 6.75. The smallest absolute Gasteiger partial charge is 0.252 e. The minimum absolute atomic E-state index is 0. The summed E-state index contributed by atoms with van der Waals surface area (Å²) >= 11 is 5.87. The van der Waals surface area contributed by atoms with Crippen LogP contribution in [0.2, 0.25) is 5.02 Å². The Labute approximate surface area is 153 Å². The van der Waals surface area contributed by atoms with Gasteiger partial charge in [-0.25, -0.2) is 0 Å². The Morgan fingerprint density at radius 3 is 2.48 bits per heavy atom. The fourth-order valence-corrected chi connectivity index (χ4v) is 2.01. The number of carbonyl (C=O) groups excluding carboxylic acids is 1. The van der Waals surface area contributed by atoms with Gasteiger partial charge in [-0.2, -0.15) is 0 Å². The van der Waals surface area contributed by atoms with Gasteiger partial charge in [-0.3, -0.25) is 9.78 Å². The van der Waals surface area contributed by atoms with E-state index in [2.05, 4.69) is 10.3 Å². The maximum atomic E-state index is 12.1. The molecule has 1 unspecified atom stereocenters. The molecule has 1 aromatic heterocycles. The number of carbonyl (C=O) groups is 1. The zero-order chi connectivity index (χ0) is 15.2. The lowest BCUT2D eigenvalue weighted by Gasteiger charge is -2.08. The van der Waals surface area contributed by atoms with Crippen LogP contribution in [0.1, 0.15) is 23.7 Å². The molecule has 0 saturated heterocycles. The minimum atomic E-state index is -0.140. The van der Waals surface area contributed by atoms with Gasteiger partial charge in [-0.05, 0) is 37.1 Å². The zero-order valence-electron chi connectivity index (χ0n) is 12.7. The third-order valence-electron chi connectivity index (χ3n) is 3.06. The third-order valence-corrected chi connectivity index (χ3v) is 3.32. The molecule has 1 aromatic carbocycles. The predicted octanol–water partition coefficient (Wildman–Crippen LogP) is 3.71. The first-order chi connectivity index (χ1) is 10.1. The normalized spacial score (nSPS) is 10.9. The minimum Gasteiger partial charge on any atom is -0.352 e. The lowest BCUT2D eigenvalue weighted by Crippen LogP contribution is -2.29. The number of nitrogens with two attached hydrogens (primary N) is 1. The molecule has 0 saturated carbocycles. The molecule has 0 spiro atoms. The molecule has 1 atom stereocenters. The van der Waals surface area contributed by atoms with Gasteiger partial charge in [0.05, 0.1) is 5.56 Å². The lowest BCUT2D eigenvalue weighted by molar-refractivity contribution is 0.0952. The van der Waals surface area contributed by atoms with Gasteiger partial charge >= 0.3 is 0 Å². The Morgan fingerprint density at radius 2 is 1.87 bits per heavy atom. The number of halogens is 3. The summed E-state index contributed by atoms with van der Waals surface area (Å²) in [6.45, 7) is 2.47. The number of hydrogen-bond donors (Lipinski definition) is 2.